The molecule has 1 aliphatic rings. The molecular formula is C18H21N9O3. The van der Waals surface area contributed by atoms with Crippen molar-refractivity contribution in [2.45, 2.75) is 37.6 Å². The van der Waals surface area contributed by atoms with Crippen molar-refractivity contribution >= 4 is 23.1 Å². The van der Waals surface area contributed by atoms with Gasteiger partial charge in [-0.15, -0.1) is 0 Å². The fourth-order valence-electron chi connectivity index (χ4n) is 3.81. The molecule has 12 nitrogen and oxygen atoms in total. The summed E-state index contributed by atoms with van der Waals surface area (Å²) in [4.78, 5) is 27.8. The van der Waals surface area contributed by atoms with Crippen LogP contribution in [0.1, 0.15) is 43.3 Å². The van der Waals surface area contributed by atoms with Gasteiger partial charge in [-0.05, 0) is 37.8 Å². The van der Waals surface area contributed by atoms with Crippen molar-refractivity contribution in [1.29, 1.82) is 0 Å². The second-order valence-corrected chi connectivity index (χ2v) is 6.99. The summed E-state index contributed by atoms with van der Waals surface area (Å²) in [5.41, 5.74) is 6.60. The van der Waals surface area contributed by atoms with Gasteiger partial charge in [0.15, 0.2) is 0 Å². The van der Waals surface area contributed by atoms with E-state index in [0.717, 1.165) is 25.7 Å². The normalized spacial score (nSPS) is 18.7. The fraction of sp³-hybridized carbons (Fsp3) is 0.389. The summed E-state index contributed by atoms with van der Waals surface area (Å²) in [6.07, 6.45) is 7.86. The summed E-state index contributed by atoms with van der Waals surface area (Å²) in [5.74, 6) is 0.242. The average molecular weight is 411 g/mol. The van der Waals surface area contributed by atoms with Gasteiger partial charge in [-0.25, -0.2) is 19.6 Å². The Balaban J connectivity index is 1.62. The van der Waals surface area contributed by atoms with Crippen LogP contribution in [-0.4, -0.2) is 41.7 Å². The summed E-state index contributed by atoms with van der Waals surface area (Å²) in [7, 11) is 1.50. The lowest BCUT2D eigenvalue weighted by Crippen LogP contribution is -2.20. The van der Waals surface area contributed by atoms with Crippen LogP contribution in [0, 0.1) is 10.1 Å². The van der Waals surface area contributed by atoms with Crippen molar-refractivity contribution in [3.63, 3.8) is 0 Å². The van der Waals surface area contributed by atoms with Crippen LogP contribution in [-0.2, 0) is 0 Å². The van der Waals surface area contributed by atoms with E-state index in [1.165, 1.54) is 13.4 Å². The average Bonchev–Trinajstić information content (AvgIpc) is 3.28. The molecule has 30 heavy (non-hydrogen) atoms. The van der Waals surface area contributed by atoms with Gasteiger partial charge in [0, 0.05) is 12.1 Å². The molecule has 156 valence electrons. The van der Waals surface area contributed by atoms with E-state index in [0.29, 0.717) is 17.3 Å². The van der Waals surface area contributed by atoms with Crippen LogP contribution in [0.5, 0.6) is 5.88 Å². The van der Waals surface area contributed by atoms with Gasteiger partial charge in [0.1, 0.15) is 24.0 Å². The zero-order valence-electron chi connectivity index (χ0n) is 16.3. The number of nitro groups is 1. The van der Waals surface area contributed by atoms with Crippen LogP contribution in [0.2, 0.25) is 0 Å². The Morgan fingerprint density at radius 3 is 2.77 bits per heavy atom. The minimum atomic E-state index is -0.511. The molecule has 0 unspecified atom stereocenters. The molecule has 3 heterocycles. The molecule has 0 radical (unpaired) electrons. The third kappa shape index (κ3) is 3.83. The molecule has 3 N–H and O–H groups in total. The number of nitrogens with two attached hydrogens (primary N) is 1. The van der Waals surface area contributed by atoms with Gasteiger partial charge in [0.2, 0.25) is 17.6 Å². The minimum absolute atomic E-state index is 0.105. The van der Waals surface area contributed by atoms with E-state index in [-0.39, 0.29) is 29.4 Å². The van der Waals surface area contributed by atoms with Crippen molar-refractivity contribution in [2.75, 3.05) is 18.2 Å². The van der Waals surface area contributed by atoms with Crippen LogP contribution in [0.15, 0.2) is 31.0 Å². The first kappa shape index (κ1) is 19.5. The second kappa shape index (κ2) is 8.27. The van der Waals surface area contributed by atoms with Crippen molar-refractivity contribution in [1.82, 2.24) is 29.7 Å². The Kier molecular flexibility index (Phi) is 5.37. The number of nitrogens with zero attached hydrogens (tertiary/aromatic N) is 7. The number of rotatable bonds is 6. The number of hydrogen-bond donors (Lipinski definition) is 2. The number of anilines is 3. The Labute approximate surface area is 171 Å². The molecule has 0 saturated heterocycles. The number of methoxy groups -OCH3 is 1. The molecule has 1 saturated carbocycles. The maximum absolute atomic E-state index is 11.7. The summed E-state index contributed by atoms with van der Waals surface area (Å²) in [5, 5.41) is 18.9. The predicted octanol–water partition coefficient (Wildman–Crippen LogP) is 2.60. The van der Waals surface area contributed by atoms with Crippen molar-refractivity contribution < 1.29 is 9.66 Å². The highest BCUT2D eigenvalue weighted by Crippen LogP contribution is 2.42. The molecule has 4 rings (SSSR count). The van der Waals surface area contributed by atoms with E-state index in [2.05, 4.69) is 30.4 Å². The molecule has 12 heteroatoms. The van der Waals surface area contributed by atoms with E-state index in [1.54, 1.807) is 24.7 Å². The fourth-order valence-corrected chi connectivity index (χ4v) is 3.81. The van der Waals surface area contributed by atoms with Gasteiger partial charge in [0.05, 0.1) is 18.1 Å². The lowest BCUT2D eigenvalue weighted by atomic mass is 9.83. The molecular weight excluding hydrogens is 390 g/mol. The minimum Gasteiger partial charge on any atom is -0.480 e. The zero-order valence-corrected chi connectivity index (χ0v) is 16.3. The van der Waals surface area contributed by atoms with E-state index in [4.69, 9.17) is 10.5 Å². The lowest BCUT2D eigenvalue weighted by molar-refractivity contribution is -0.385. The standard InChI is InChI=1S/C18H21N9O3/c1-30-17-13(3-2-8-21-17)23-18-24-14(15(27(28)29)16(19)25-18)11-4-6-12(7-5-11)26-10-20-9-22-26/h2-3,8-12H,4-7H2,1H3,(H3,19,23,24,25)/t11-,12-. The second-order valence-electron chi connectivity index (χ2n) is 6.99. The molecule has 0 spiro atoms. The Bertz CT molecular complexity index is 1030. The number of hydrogen-bond acceptors (Lipinski definition) is 10. The number of ether oxygens (including phenoxy) is 1. The molecule has 3 aromatic rings. The van der Waals surface area contributed by atoms with Crippen molar-refractivity contribution in [3.05, 3.63) is 46.8 Å². The number of nitrogens with one attached hydrogen (secondary N) is 1. The highest BCUT2D eigenvalue weighted by atomic mass is 16.6. The lowest BCUT2D eigenvalue weighted by Gasteiger charge is -2.28. The highest BCUT2D eigenvalue weighted by Gasteiger charge is 2.33. The molecule has 0 aliphatic heterocycles. The summed E-state index contributed by atoms with van der Waals surface area (Å²) >= 11 is 0. The number of aromatic nitrogens is 6. The van der Waals surface area contributed by atoms with E-state index in [1.807, 2.05) is 4.68 Å². The first-order chi connectivity index (χ1) is 14.6. The van der Waals surface area contributed by atoms with E-state index < -0.39 is 4.92 Å². The summed E-state index contributed by atoms with van der Waals surface area (Å²) in [6.45, 7) is 0. The Morgan fingerprint density at radius 1 is 1.30 bits per heavy atom. The van der Waals surface area contributed by atoms with Crippen LogP contribution >= 0.6 is 0 Å². The molecule has 0 atom stereocenters. The van der Waals surface area contributed by atoms with Gasteiger partial charge in [0.25, 0.3) is 0 Å². The van der Waals surface area contributed by atoms with Crippen molar-refractivity contribution in [2.24, 2.45) is 0 Å². The largest absolute Gasteiger partial charge is 0.480 e. The monoisotopic (exact) mass is 411 g/mol. The highest BCUT2D eigenvalue weighted by molar-refractivity contribution is 5.64. The number of pyridine rings is 1. The maximum atomic E-state index is 11.7. The van der Waals surface area contributed by atoms with Gasteiger partial charge < -0.3 is 15.8 Å². The van der Waals surface area contributed by atoms with Crippen molar-refractivity contribution in [3.8, 4) is 5.88 Å². The van der Waals surface area contributed by atoms with Crippen LogP contribution in [0.3, 0.4) is 0 Å². The topological polar surface area (TPSA) is 160 Å². The SMILES string of the molecule is COc1ncccc1Nc1nc(N)c([N+](=O)[O-])c([C@H]2CC[C@H](n3cncn3)CC2)n1. The zero-order chi connectivity index (χ0) is 21.1. The van der Waals surface area contributed by atoms with Crippen LogP contribution in [0.4, 0.5) is 23.1 Å². The first-order valence-corrected chi connectivity index (χ1v) is 9.48. The molecule has 1 aliphatic carbocycles. The summed E-state index contributed by atoms with van der Waals surface area (Å²) in [6, 6.07) is 3.70. The Morgan fingerprint density at radius 2 is 2.10 bits per heavy atom. The van der Waals surface area contributed by atoms with E-state index in [9.17, 15) is 10.1 Å². The third-order valence-electron chi connectivity index (χ3n) is 5.23. The molecule has 1 fully saturated rings. The number of nitrogen functional groups attached to an aromatic ring is 1. The summed E-state index contributed by atoms with van der Waals surface area (Å²) < 4.78 is 7.06. The smallest absolute Gasteiger partial charge is 0.332 e. The van der Waals surface area contributed by atoms with Gasteiger partial charge in [-0.1, -0.05) is 0 Å². The molecule has 0 bridgehead atoms. The van der Waals surface area contributed by atoms with Gasteiger partial charge in [-0.2, -0.15) is 10.1 Å². The van der Waals surface area contributed by atoms with Crippen LogP contribution in [0.25, 0.3) is 0 Å². The molecule has 3 aromatic heterocycles. The first-order valence-electron chi connectivity index (χ1n) is 9.48. The van der Waals surface area contributed by atoms with Gasteiger partial charge >= 0.3 is 5.69 Å². The quantitative estimate of drug-likeness (QED) is 0.456. The van der Waals surface area contributed by atoms with Gasteiger partial charge in [-0.3, -0.25) is 10.1 Å². The predicted molar refractivity (Wildman–Crippen MR) is 107 cm³/mol. The Hall–Kier alpha value is -3.83. The third-order valence-corrected chi connectivity index (χ3v) is 5.23. The maximum Gasteiger partial charge on any atom is 0.332 e. The molecule has 0 amide bonds. The molecule has 0 aromatic carbocycles. The van der Waals surface area contributed by atoms with E-state index >= 15 is 0 Å². The van der Waals surface area contributed by atoms with Crippen LogP contribution < -0.4 is 15.8 Å².